The molecule has 1 rings (SSSR count). The normalized spacial score (nSPS) is 13.0. The summed E-state index contributed by atoms with van der Waals surface area (Å²) in [5, 5.41) is 3.22. The van der Waals surface area contributed by atoms with Crippen molar-refractivity contribution in [3.05, 3.63) is 33.2 Å². The second-order valence-electron chi connectivity index (χ2n) is 5.92. The molecule has 21 heavy (non-hydrogen) atoms. The summed E-state index contributed by atoms with van der Waals surface area (Å²) >= 11 is 7.89. The van der Waals surface area contributed by atoms with Crippen LogP contribution >= 0.6 is 23.4 Å². The van der Waals surface area contributed by atoms with Gasteiger partial charge in [-0.3, -0.25) is 0 Å². The van der Waals surface area contributed by atoms with Crippen molar-refractivity contribution in [1.82, 2.24) is 5.32 Å². The maximum atomic E-state index is 6.35. The van der Waals surface area contributed by atoms with Gasteiger partial charge in [-0.2, -0.15) is 0 Å². The van der Waals surface area contributed by atoms with Crippen LogP contribution in [0.5, 0.6) is 5.75 Å². The van der Waals surface area contributed by atoms with Gasteiger partial charge in [-0.05, 0) is 35.8 Å². The second kappa shape index (κ2) is 7.46. The lowest BCUT2D eigenvalue weighted by molar-refractivity contribution is 0.393. The molecule has 118 valence electrons. The van der Waals surface area contributed by atoms with Crippen molar-refractivity contribution < 1.29 is 4.74 Å². The van der Waals surface area contributed by atoms with E-state index in [4.69, 9.17) is 16.3 Å². The molecule has 0 amide bonds. The first-order chi connectivity index (χ1) is 9.79. The number of hydrogen-bond donors (Lipinski definition) is 1. The van der Waals surface area contributed by atoms with Gasteiger partial charge in [0.1, 0.15) is 5.75 Å². The van der Waals surface area contributed by atoms with Gasteiger partial charge in [-0.15, -0.1) is 11.8 Å². The molecule has 0 heterocycles. The Labute approximate surface area is 138 Å². The summed E-state index contributed by atoms with van der Waals surface area (Å²) in [5.74, 6) is 0.990. The van der Waals surface area contributed by atoms with E-state index in [0.717, 1.165) is 27.8 Å². The summed E-state index contributed by atoms with van der Waals surface area (Å²) in [4.78, 5) is 0. The molecule has 0 unspecified atom stereocenters. The van der Waals surface area contributed by atoms with Gasteiger partial charge in [-0.25, -0.2) is 0 Å². The number of benzene rings is 1. The van der Waals surface area contributed by atoms with E-state index in [2.05, 4.69) is 45.1 Å². The molecule has 2 nitrogen and oxygen atoms in total. The zero-order valence-electron chi connectivity index (χ0n) is 14.1. The maximum absolute atomic E-state index is 6.35. The van der Waals surface area contributed by atoms with Crippen molar-refractivity contribution in [1.29, 1.82) is 0 Å². The molecule has 4 heteroatoms. The summed E-state index contributed by atoms with van der Waals surface area (Å²) in [6, 6.07) is 4.35. The number of thioether (sulfide) groups is 1. The number of methoxy groups -OCH3 is 1. The van der Waals surface area contributed by atoms with Crippen LogP contribution in [0.2, 0.25) is 0 Å². The van der Waals surface area contributed by atoms with E-state index in [-0.39, 0.29) is 5.41 Å². The van der Waals surface area contributed by atoms with Gasteiger partial charge < -0.3 is 10.1 Å². The summed E-state index contributed by atoms with van der Waals surface area (Å²) in [7, 11) is 3.65. The molecule has 0 spiro atoms. The maximum Gasteiger partial charge on any atom is 0.125 e. The number of halogens is 1. The molecule has 0 fully saturated rings. The van der Waals surface area contributed by atoms with E-state index in [1.54, 1.807) is 18.9 Å². The molecule has 1 aromatic rings. The standard InChI is InChI=1S/C17H26ClNOS/c1-8-11-9-12(14(19-5)16(18)21-7)10-13(15(11)20-6)17(2,3)4/h9-10,19H,8H2,1-7H3/b16-14-. The first kappa shape index (κ1) is 18.2. The first-order valence-corrected chi connectivity index (χ1v) is 8.73. The number of nitrogens with one attached hydrogen (secondary N) is 1. The Bertz CT molecular complexity index is 532. The average Bonchev–Trinajstić information content (AvgIpc) is 2.45. The smallest absolute Gasteiger partial charge is 0.125 e. The quantitative estimate of drug-likeness (QED) is 0.822. The Kier molecular flexibility index (Phi) is 6.48. The molecule has 0 saturated heterocycles. The lowest BCUT2D eigenvalue weighted by Gasteiger charge is -2.25. The highest BCUT2D eigenvalue weighted by Gasteiger charge is 2.23. The highest BCUT2D eigenvalue weighted by Crippen LogP contribution is 2.38. The van der Waals surface area contributed by atoms with E-state index in [1.807, 2.05) is 13.3 Å². The van der Waals surface area contributed by atoms with Gasteiger partial charge in [0.2, 0.25) is 0 Å². The van der Waals surface area contributed by atoms with Gasteiger partial charge in [0.05, 0.1) is 17.2 Å². The Balaban J connectivity index is 3.64. The van der Waals surface area contributed by atoms with E-state index >= 15 is 0 Å². The van der Waals surface area contributed by atoms with Crippen molar-refractivity contribution in [2.75, 3.05) is 20.4 Å². The van der Waals surface area contributed by atoms with Crippen LogP contribution < -0.4 is 10.1 Å². The van der Waals surface area contributed by atoms with Crippen LogP contribution in [0.3, 0.4) is 0 Å². The fourth-order valence-electron chi connectivity index (χ4n) is 2.35. The average molecular weight is 328 g/mol. The molecule has 0 saturated carbocycles. The monoisotopic (exact) mass is 327 g/mol. The lowest BCUT2D eigenvalue weighted by Crippen LogP contribution is -2.16. The van der Waals surface area contributed by atoms with Crippen molar-refractivity contribution in [2.24, 2.45) is 0 Å². The number of ether oxygens (including phenoxy) is 1. The molecule has 1 aromatic carbocycles. The lowest BCUT2D eigenvalue weighted by atomic mass is 9.83. The third-order valence-electron chi connectivity index (χ3n) is 3.47. The summed E-state index contributed by atoms with van der Waals surface area (Å²) < 4.78 is 6.44. The highest BCUT2D eigenvalue weighted by molar-refractivity contribution is 8.04. The fourth-order valence-corrected chi connectivity index (χ4v) is 2.98. The Morgan fingerprint density at radius 2 is 1.95 bits per heavy atom. The predicted octanol–water partition coefficient (Wildman–Crippen LogP) is 5.00. The van der Waals surface area contributed by atoms with Crippen LogP contribution in [0.25, 0.3) is 5.70 Å². The first-order valence-electron chi connectivity index (χ1n) is 7.13. The minimum Gasteiger partial charge on any atom is -0.496 e. The number of hydrogen-bond acceptors (Lipinski definition) is 3. The van der Waals surface area contributed by atoms with Gasteiger partial charge in [-0.1, -0.05) is 39.3 Å². The fraction of sp³-hybridized carbons (Fsp3) is 0.529. The van der Waals surface area contributed by atoms with E-state index in [9.17, 15) is 0 Å². The number of aryl methyl sites for hydroxylation is 1. The minimum atomic E-state index is 0.00988. The van der Waals surface area contributed by atoms with Gasteiger partial charge in [0.15, 0.2) is 0 Å². The third kappa shape index (κ3) is 4.10. The van der Waals surface area contributed by atoms with Gasteiger partial charge in [0.25, 0.3) is 0 Å². The van der Waals surface area contributed by atoms with Crippen molar-refractivity contribution in [2.45, 2.75) is 39.5 Å². The van der Waals surface area contributed by atoms with Crippen LogP contribution in [0.4, 0.5) is 0 Å². The van der Waals surface area contributed by atoms with Crippen LogP contribution in [-0.2, 0) is 11.8 Å². The second-order valence-corrected chi connectivity index (χ2v) is 7.34. The highest BCUT2D eigenvalue weighted by atomic mass is 35.5. The molecule has 0 aliphatic heterocycles. The molecule has 0 aliphatic rings. The molecule has 0 atom stereocenters. The van der Waals surface area contributed by atoms with E-state index < -0.39 is 0 Å². The summed E-state index contributed by atoms with van der Waals surface area (Å²) in [6.45, 7) is 8.75. The Morgan fingerprint density at radius 3 is 2.33 bits per heavy atom. The zero-order valence-corrected chi connectivity index (χ0v) is 15.6. The molecule has 0 aliphatic carbocycles. The van der Waals surface area contributed by atoms with Gasteiger partial charge >= 0.3 is 0 Å². The van der Waals surface area contributed by atoms with Gasteiger partial charge in [0, 0.05) is 18.2 Å². The largest absolute Gasteiger partial charge is 0.496 e. The van der Waals surface area contributed by atoms with E-state index in [0.29, 0.717) is 0 Å². The zero-order chi connectivity index (χ0) is 16.2. The third-order valence-corrected chi connectivity index (χ3v) is 4.69. The molecular weight excluding hydrogens is 302 g/mol. The SMILES string of the molecule is CCc1cc(/C(NC)=C(\Cl)SC)cc(C(C)(C)C)c1OC. The summed E-state index contributed by atoms with van der Waals surface area (Å²) in [6.07, 6.45) is 2.91. The van der Waals surface area contributed by atoms with Crippen LogP contribution in [0, 0.1) is 0 Å². The molecule has 0 bridgehead atoms. The van der Waals surface area contributed by atoms with E-state index in [1.165, 1.54) is 11.1 Å². The van der Waals surface area contributed by atoms with Crippen molar-refractivity contribution >= 4 is 29.1 Å². The van der Waals surface area contributed by atoms with Crippen LogP contribution in [-0.4, -0.2) is 20.4 Å². The van der Waals surface area contributed by atoms with Crippen molar-refractivity contribution in [3.63, 3.8) is 0 Å². The van der Waals surface area contributed by atoms with Crippen LogP contribution in [0.15, 0.2) is 16.5 Å². The molecule has 1 N–H and O–H groups in total. The Hall–Kier alpha value is -0.800. The topological polar surface area (TPSA) is 21.3 Å². The van der Waals surface area contributed by atoms with Crippen LogP contribution in [0.1, 0.15) is 44.4 Å². The minimum absolute atomic E-state index is 0.00988. The number of rotatable bonds is 5. The Morgan fingerprint density at radius 1 is 1.33 bits per heavy atom. The molecule has 0 aromatic heterocycles. The molecular formula is C17H26ClNOS. The molecule has 0 radical (unpaired) electrons. The van der Waals surface area contributed by atoms with Crippen molar-refractivity contribution in [3.8, 4) is 5.75 Å². The predicted molar refractivity (Wildman–Crippen MR) is 96.4 cm³/mol. The summed E-state index contributed by atoms with van der Waals surface area (Å²) in [5.41, 5.74) is 4.50.